The van der Waals surface area contributed by atoms with E-state index in [2.05, 4.69) is 15.4 Å². The number of carbonyl (C=O) groups excluding carboxylic acids is 1. The van der Waals surface area contributed by atoms with Gasteiger partial charge in [-0.25, -0.2) is 9.59 Å². The zero-order valence-corrected chi connectivity index (χ0v) is 11.6. The van der Waals surface area contributed by atoms with E-state index >= 15 is 0 Å². The van der Waals surface area contributed by atoms with Crippen molar-refractivity contribution in [3.8, 4) is 11.5 Å². The molecule has 0 aliphatic heterocycles. The van der Waals surface area contributed by atoms with Crippen molar-refractivity contribution in [3.05, 3.63) is 17.9 Å². The van der Waals surface area contributed by atoms with Crippen LogP contribution in [0.3, 0.4) is 0 Å². The molecular formula is C11H9AgN3O5. The molecule has 2 aromatic rings. The van der Waals surface area contributed by atoms with Gasteiger partial charge in [-0.05, 0) is 6.92 Å². The topological polar surface area (TPSA) is 114 Å². The molecule has 0 unspecified atom stereocenters. The summed E-state index contributed by atoms with van der Waals surface area (Å²) in [5.41, 5.74) is 0.330. The van der Waals surface area contributed by atoms with Crippen LogP contribution in [0, 0.1) is 0 Å². The Morgan fingerprint density at radius 2 is 2.35 bits per heavy atom. The van der Waals surface area contributed by atoms with Gasteiger partial charge in [0.25, 0.3) is 0 Å². The van der Waals surface area contributed by atoms with Crippen LogP contribution in [0.2, 0.25) is 0 Å². The number of benzene rings is 1. The third-order valence-electron chi connectivity index (χ3n) is 2.28. The van der Waals surface area contributed by atoms with Gasteiger partial charge < -0.3 is 14.6 Å². The average molecular weight is 371 g/mol. The molecule has 0 amide bonds. The summed E-state index contributed by atoms with van der Waals surface area (Å²) in [6.07, 6.45) is 0.763. The molecule has 0 atom stereocenters. The van der Waals surface area contributed by atoms with Crippen LogP contribution >= 0.6 is 0 Å². The van der Waals surface area contributed by atoms with E-state index in [-0.39, 0.29) is 51.6 Å². The number of fused-ring (bicyclic) bond motifs is 1. The Morgan fingerprint density at radius 1 is 1.60 bits per heavy atom. The Bertz CT molecular complexity index is 678. The molecule has 0 saturated carbocycles. The number of carboxylic acids is 1. The van der Waals surface area contributed by atoms with E-state index in [4.69, 9.17) is 9.47 Å². The standard InChI is InChI=1S/C11H9N3O5.Ag/c1-2-18-10-7(19-4-3-15)5-6-9(13-14-12-6)8(10)11(16)17;/h4-5H,2H2,1H3,(H,16,17)(H,12,13,14);. The minimum absolute atomic E-state index is 0. The van der Waals surface area contributed by atoms with Crippen molar-refractivity contribution in [1.82, 2.24) is 15.4 Å². The van der Waals surface area contributed by atoms with Crippen LogP contribution in [0.25, 0.3) is 11.0 Å². The fraction of sp³-hybridized carbons (Fsp3) is 0.182. The van der Waals surface area contributed by atoms with Crippen LogP contribution in [-0.2, 0) is 27.2 Å². The molecule has 20 heavy (non-hydrogen) atoms. The number of aromatic carboxylic acids is 1. The van der Waals surface area contributed by atoms with Crippen LogP contribution in [0.4, 0.5) is 0 Å². The zero-order chi connectivity index (χ0) is 13.8. The van der Waals surface area contributed by atoms with Gasteiger partial charge in [-0.1, -0.05) is 5.21 Å². The van der Waals surface area contributed by atoms with Gasteiger partial charge >= 0.3 is 5.97 Å². The van der Waals surface area contributed by atoms with Crippen LogP contribution < -0.4 is 9.47 Å². The molecular weight excluding hydrogens is 362 g/mol. The third kappa shape index (κ3) is 2.89. The Kier molecular flexibility index (Phi) is 5.48. The number of carbonyl (C=O) groups is 1. The zero-order valence-electron chi connectivity index (χ0n) is 10.1. The summed E-state index contributed by atoms with van der Waals surface area (Å²) < 4.78 is 10.3. The molecule has 1 heterocycles. The molecule has 0 bridgehead atoms. The fourth-order valence-corrected chi connectivity index (χ4v) is 1.61. The van der Waals surface area contributed by atoms with E-state index in [1.807, 2.05) is 0 Å². The van der Waals surface area contributed by atoms with E-state index in [0.717, 1.165) is 6.26 Å². The predicted octanol–water partition coefficient (Wildman–Crippen LogP) is 0.776. The maximum atomic E-state index is 11.3. The Labute approximate surface area is 128 Å². The first-order chi connectivity index (χ1) is 9.19. The summed E-state index contributed by atoms with van der Waals surface area (Å²) in [4.78, 5) is 21.5. The fourth-order valence-electron chi connectivity index (χ4n) is 1.61. The molecule has 0 saturated heterocycles. The van der Waals surface area contributed by atoms with Crippen molar-refractivity contribution >= 4 is 22.9 Å². The van der Waals surface area contributed by atoms with E-state index in [1.165, 1.54) is 12.0 Å². The van der Waals surface area contributed by atoms with Gasteiger partial charge in [0.2, 0.25) is 0 Å². The number of ether oxygens (including phenoxy) is 2. The number of hydrogen-bond donors (Lipinski definition) is 2. The van der Waals surface area contributed by atoms with Crippen LogP contribution in [0.15, 0.2) is 12.3 Å². The average Bonchev–Trinajstić information content (AvgIpc) is 2.83. The molecule has 1 aromatic heterocycles. The van der Waals surface area contributed by atoms with Crippen molar-refractivity contribution in [2.75, 3.05) is 6.61 Å². The maximum absolute atomic E-state index is 11.3. The minimum Gasteiger partial charge on any atom is -0.489 e. The number of H-pyrrole nitrogens is 1. The number of aromatic nitrogens is 3. The summed E-state index contributed by atoms with van der Waals surface area (Å²) in [6, 6.07) is 1.45. The van der Waals surface area contributed by atoms with Gasteiger partial charge in [0.05, 0.1) is 12.1 Å². The summed E-state index contributed by atoms with van der Waals surface area (Å²) >= 11 is 0. The van der Waals surface area contributed by atoms with Crippen molar-refractivity contribution in [2.45, 2.75) is 6.92 Å². The number of hydrogen-bond acceptors (Lipinski definition) is 6. The SMILES string of the molecule is CCOc1c(OC=C=O)cc2[nH]nnc2c1C(=O)O.[Ag]. The van der Waals surface area contributed by atoms with Gasteiger partial charge in [-0.15, -0.1) is 5.10 Å². The van der Waals surface area contributed by atoms with Gasteiger partial charge in [0.15, 0.2) is 23.7 Å². The van der Waals surface area contributed by atoms with E-state index in [0.29, 0.717) is 5.52 Å². The molecule has 1 aromatic carbocycles. The van der Waals surface area contributed by atoms with E-state index in [9.17, 15) is 14.7 Å². The molecule has 0 aliphatic rings. The van der Waals surface area contributed by atoms with Gasteiger partial charge in [-0.2, -0.15) is 0 Å². The van der Waals surface area contributed by atoms with Crippen LogP contribution in [0.1, 0.15) is 17.3 Å². The molecule has 109 valence electrons. The van der Waals surface area contributed by atoms with Gasteiger partial charge in [0, 0.05) is 28.4 Å². The number of nitrogens with one attached hydrogen (secondary N) is 1. The largest absolute Gasteiger partial charge is 0.489 e. The van der Waals surface area contributed by atoms with Gasteiger partial charge in [-0.3, -0.25) is 5.10 Å². The minimum atomic E-state index is -1.23. The van der Waals surface area contributed by atoms with Crippen molar-refractivity contribution in [2.24, 2.45) is 0 Å². The second-order valence-electron chi connectivity index (χ2n) is 3.38. The van der Waals surface area contributed by atoms with Gasteiger partial charge in [0.1, 0.15) is 11.1 Å². The van der Waals surface area contributed by atoms with Crippen molar-refractivity contribution in [3.63, 3.8) is 0 Å². The van der Waals surface area contributed by atoms with Crippen LogP contribution in [0.5, 0.6) is 11.5 Å². The second kappa shape index (κ2) is 6.88. The number of nitrogens with zero attached hydrogens (tertiary/aromatic N) is 2. The summed E-state index contributed by atoms with van der Waals surface area (Å²) in [5, 5.41) is 19.0. The number of aromatic amines is 1. The summed E-state index contributed by atoms with van der Waals surface area (Å²) in [7, 11) is 0. The molecule has 8 nitrogen and oxygen atoms in total. The number of carboxylic acid groups (broad SMARTS) is 1. The second-order valence-corrected chi connectivity index (χ2v) is 3.38. The van der Waals surface area contributed by atoms with Crippen LogP contribution in [-0.4, -0.2) is 39.0 Å². The van der Waals surface area contributed by atoms with Crippen molar-refractivity contribution < 1.29 is 46.5 Å². The molecule has 0 aliphatic carbocycles. The first-order valence-corrected chi connectivity index (χ1v) is 5.28. The molecule has 9 heteroatoms. The summed E-state index contributed by atoms with van der Waals surface area (Å²) in [5.74, 6) is 0.260. The maximum Gasteiger partial charge on any atom is 0.342 e. The molecule has 1 radical (unpaired) electrons. The molecule has 2 N–H and O–H groups in total. The third-order valence-corrected chi connectivity index (χ3v) is 2.28. The number of rotatable bonds is 5. The predicted molar refractivity (Wildman–Crippen MR) is 62.9 cm³/mol. The normalized spacial score (nSPS) is 9.45. The Balaban J connectivity index is 0.00000200. The monoisotopic (exact) mass is 370 g/mol. The molecule has 2 rings (SSSR count). The first kappa shape index (κ1) is 15.9. The van der Waals surface area contributed by atoms with Crippen molar-refractivity contribution in [1.29, 1.82) is 0 Å². The van der Waals surface area contributed by atoms with E-state index in [1.54, 1.807) is 6.92 Å². The first-order valence-electron chi connectivity index (χ1n) is 5.28. The Morgan fingerprint density at radius 3 is 2.95 bits per heavy atom. The molecule has 0 spiro atoms. The smallest absolute Gasteiger partial charge is 0.342 e. The molecule has 0 fully saturated rings. The quantitative estimate of drug-likeness (QED) is 0.453. The summed E-state index contributed by atoms with van der Waals surface area (Å²) in [6.45, 7) is 1.92. The Hall–Kier alpha value is -2.12. The van der Waals surface area contributed by atoms with E-state index < -0.39 is 5.97 Å².